The Kier molecular flexibility index (Phi) is 3.36. The number of rotatable bonds is 3. The molecule has 3 aromatic heterocycles. The third-order valence-electron chi connectivity index (χ3n) is 3.78. The van der Waals surface area contributed by atoms with Gasteiger partial charge in [-0.3, -0.25) is 4.98 Å². The van der Waals surface area contributed by atoms with E-state index in [0.29, 0.717) is 17.6 Å². The largest absolute Gasteiger partial charge is 0.396 e. The Morgan fingerprint density at radius 2 is 2.14 bits per heavy atom. The van der Waals surface area contributed by atoms with Gasteiger partial charge >= 0.3 is 0 Å². The van der Waals surface area contributed by atoms with E-state index in [-0.39, 0.29) is 0 Å². The van der Waals surface area contributed by atoms with E-state index in [9.17, 15) is 0 Å². The van der Waals surface area contributed by atoms with Crippen molar-refractivity contribution < 1.29 is 0 Å². The SMILES string of the molecule is Nc1csc2c(N[C@@H]3CCNC3)nc(-c3ccncc3)nc12. The van der Waals surface area contributed by atoms with Crippen molar-refractivity contribution in [1.82, 2.24) is 20.3 Å². The van der Waals surface area contributed by atoms with Crippen LogP contribution in [0.1, 0.15) is 6.42 Å². The lowest BCUT2D eigenvalue weighted by Gasteiger charge is -2.13. The van der Waals surface area contributed by atoms with Gasteiger partial charge in [0, 0.05) is 35.9 Å². The molecule has 0 unspecified atom stereocenters. The summed E-state index contributed by atoms with van der Waals surface area (Å²) in [7, 11) is 0. The quantitative estimate of drug-likeness (QED) is 0.686. The monoisotopic (exact) mass is 312 g/mol. The highest BCUT2D eigenvalue weighted by atomic mass is 32.1. The molecule has 4 rings (SSSR count). The molecule has 1 atom stereocenters. The molecule has 0 bridgehead atoms. The maximum absolute atomic E-state index is 6.07. The van der Waals surface area contributed by atoms with Gasteiger partial charge in [0.25, 0.3) is 0 Å². The van der Waals surface area contributed by atoms with Gasteiger partial charge in [-0.1, -0.05) is 0 Å². The van der Waals surface area contributed by atoms with E-state index in [1.807, 2.05) is 17.5 Å². The molecule has 7 heteroatoms. The zero-order valence-electron chi connectivity index (χ0n) is 11.9. The van der Waals surface area contributed by atoms with Crippen molar-refractivity contribution in [2.24, 2.45) is 0 Å². The molecule has 0 aromatic carbocycles. The Balaban J connectivity index is 1.82. The second kappa shape index (κ2) is 5.51. The molecule has 1 fully saturated rings. The number of nitrogens with zero attached hydrogens (tertiary/aromatic N) is 3. The van der Waals surface area contributed by atoms with Crippen LogP contribution in [0, 0.1) is 0 Å². The second-order valence-corrected chi connectivity index (χ2v) is 6.21. The topological polar surface area (TPSA) is 88.8 Å². The number of thiophene rings is 1. The fourth-order valence-electron chi connectivity index (χ4n) is 2.64. The molecule has 0 aliphatic carbocycles. The molecule has 3 aromatic rings. The molecule has 0 saturated carbocycles. The molecule has 1 aliphatic heterocycles. The van der Waals surface area contributed by atoms with Crippen LogP contribution in [0.25, 0.3) is 21.6 Å². The smallest absolute Gasteiger partial charge is 0.162 e. The number of fused-ring (bicyclic) bond motifs is 1. The van der Waals surface area contributed by atoms with Gasteiger partial charge in [-0.15, -0.1) is 11.3 Å². The first kappa shape index (κ1) is 13.4. The van der Waals surface area contributed by atoms with Gasteiger partial charge in [0.1, 0.15) is 11.3 Å². The number of hydrogen-bond acceptors (Lipinski definition) is 7. The van der Waals surface area contributed by atoms with Gasteiger partial charge in [-0.05, 0) is 25.1 Å². The molecular formula is C15H16N6S. The number of nitrogen functional groups attached to an aromatic ring is 1. The van der Waals surface area contributed by atoms with Gasteiger partial charge in [-0.25, -0.2) is 9.97 Å². The van der Waals surface area contributed by atoms with Crippen LogP contribution < -0.4 is 16.4 Å². The predicted octanol–water partition coefficient (Wildman–Crippen LogP) is 2.11. The molecule has 4 heterocycles. The number of pyridine rings is 1. The van der Waals surface area contributed by atoms with E-state index in [2.05, 4.69) is 20.6 Å². The molecule has 0 radical (unpaired) electrons. The molecule has 6 nitrogen and oxygen atoms in total. The summed E-state index contributed by atoms with van der Waals surface area (Å²) in [6.45, 7) is 1.99. The van der Waals surface area contributed by atoms with Crippen LogP contribution in [-0.2, 0) is 0 Å². The van der Waals surface area contributed by atoms with Gasteiger partial charge in [0.15, 0.2) is 5.82 Å². The summed E-state index contributed by atoms with van der Waals surface area (Å²) >= 11 is 1.58. The van der Waals surface area contributed by atoms with Crippen LogP contribution >= 0.6 is 11.3 Å². The summed E-state index contributed by atoms with van der Waals surface area (Å²) in [4.78, 5) is 13.4. The molecule has 0 spiro atoms. The Morgan fingerprint density at radius 1 is 1.27 bits per heavy atom. The first-order valence-corrected chi connectivity index (χ1v) is 8.11. The lowest BCUT2D eigenvalue weighted by molar-refractivity contribution is 0.789. The first-order chi connectivity index (χ1) is 10.8. The Hall–Kier alpha value is -2.25. The third kappa shape index (κ3) is 2.38. The van der Waals surface area contributed by atoms with Crippen molar-refractivity contribution in [2.75, 3.05) is 24.1 Å². The summed E-state index contributed by atoms with van der Waals surface area (Å²) in [5.41, 5.74) is 8.53. The lowest BCUT2D eigenvalue weighted by Crippen LogP contribution is -2.22. The van der Waals surface area contributed by atoms with Crippen molar-refractivity contribution in [1.29, 1.82) is 0 Å². The van der Waals surface area contributed by atoms with Crippen LogP contribution in [0.3, 0.4) is 0 Å². The number of hydrogen-bond donors (Lipinski definition) is 3. The highest BCUT2D eigenvalue weighted by Gasteiger charge is 2.19. The van der Waals surface area contributed by atoms with Crippen molar-refractivity contribution in [3.63, 3.8) is 0 Å². The fourth-order valence-corrected chi connectivity index (χ4v) is 3.48. The van der Waals surface area contributed by atoms with Crippen molar-refractivity contribution in [3.8, 4) is 11.4 Å². The Labute approximate surface area is 131 Å². The molecule has 22 heavy (non-hydrogen) atoms. The summed E-state index contributed by atoms with van der Waals surface area (Å²) in [5.74, 6) is 1.54. The summed E-state index contributed by atoms with van der Waals surface area (Å²) in [6, 6.07) is 4.21. The van der Waals surface area contributed by atoms with E-state index < -0.39 is 0 Å². The minimum Gasteiger partial charge on any atom is -0.396 e. The van der Waals surface area contributed by atoms with Gasteiger partial charge in [0.05, 0.1) is 10.4 Å². The van der Waals surface area contributed by atoms with Crippen LogP contribution in [0.15, 0.2) is 29.9 Å². The van der Waals surface area contributed by atoms with Crippen LogP contribution in [-0.4, -0.2) is 34.1 Å². The molecule has 1 aliphatic rings. The normalized spacial score (nSPS) is 17.9. The zero-order valence-corrected chi connectivity index (χ0v) is 12.7. The first-order valence-electron chi connectivity index (χ1n) is 7.23. The zero-order chi connectivity index (χ0) is 14.9. The summed E-state index contributed by atoms with van der Waals surface area (Å²) in [6.07, 6.45) is 4.58. The molecule has 0 amide bonds. The molecule has 112 valence electrons. The number of nitrogens with one attached hydrogen (secondary N) is 2. The number of nitrogens with two attached hydrogens (primary N) is 1. The molecular weight excluding hydrogens is 296 g/mol. The average Bonchev–Trinajstić information content (AvgIpc) is 3.19. The van der Waals surface area contributed by atoms with Gasteiger partial charge in [-0.2, -0.15) is 0 Å². The lowest BCUT2D eigenvalue weighted by atomic mass is 10.2. The third-order valence-corrected chi connectivity index (χ3v) is 4.78. The predicted molar refractivity (Wildman–Crippen MR) is 90.0 cm³/mol. The molecule has 1 saturated heterocycles. The maximum atomic E-state index is 6.07. The highest BCUT2D eigenvalue weighted by molar-refractivity contribution is 7.18. The van der Waals surface area contributed by atoms with Crippen molar-refractivity contribution in [2.45, 2.75) is 12.5 Å². The number of anilines is 2. The van der Waals surface area contributed by atoms with Crippen LogP contribution in [0.5, 0.6) is 0 Å². The van der Waals surface area contributed by atoms with E-state index >= 15 is 0 Å². The fraction of sp³-hybridized carbons (Fsp3) is 0.267. The minimum absolute atomic E-state index is 0.395. The Bertz CT molecular complexity index is 794. The standard InChI is InChI=1S/C15H16N6S/c16-11-8-22-13-12(11)20-14(9-1-4-17-5-2-9)21-15(13)19-10-3-6-18-7-10/h1-2,4-5,8,10,18H,3,6-7,16H2,(H,19,20,21)/t10-/m1/s1. The van der Waals surface area contributed by atoms with Gasteiger partial charge < -0.3 is 16.4 Å². The minimum atomic E-state index is 0.395. The molecule has 4 N–H and O–H groups in total. The highest BCUT2D eigenvalue weighted by Crippen LogP contribution is 2.34. The Morgan fingerprint density at radius 3 is 2.91 bits per heavy atom. The van der Waals surface area contributed by atoms with Crippen LogP contribution in [0.2, 0.25) is 0 Å². The van der Waals surface area contributed by atoms with E-state index in [4.69, 9.17) is 10.7 Å². The summed E-state index contributed by atoms with van der Waals surface area (Å²) in [5, 5.41) is 8.81. The second-order valence-electron chi connectivity index (χ2n) is 5.33. The van der Waals surface area contributed by atoms with E-state index in [1.54, 1.807) is 23.7 Å². The van der Waals surface area contributed by atoms with E-state index in [1.165, 1.54) is 0 Å². The van der Waals surface area contributed by atoms with Crippen molar-refractivity contribution >= 4 is 33.1 Å². The summed E-state index contributed by atoms with van der Waals surface area (Å²) < 4.78 is 1.02. The van der Waals surface area contributed by atoms with E-state index in [0.717, 1.165) is 41.1 Å². The van der Waals surface area contributed by atoms with Crippen LogP contribution in [0.4, 0.5) is 11.5 Å². The average molecular weight is 312 g/mol. The van der Waals surface area contributed by atoms with Crippen molar-refractivity contribution in [3.05, 3.63) is 29.9 Å². The van der Waals surface area contributed by atoms with Gasteiger partial charge in [0.2, 0.25) is 0 Å². The maximum Gasteiger partial charge on any atom is 0.162 e. The number of aromatic nitrogens is 3.